The normalized spacial score (nSPS) is 12.0. The first-order chi connectivity index (χ1) is 10.0. The van der Waals surface area contributed by atoms with E-state index in [1.165, 1.54) is 0 Å². The van der Waals surface area contributed by atoms with Crippen molar-refractivity contribution in [3.05, 3.63) is 49.1 Å². The molecule has 0 spiro atoms. The third-order valence-electron chi connectivity index (χ3n) is 3.53. The van der Waals surface area contributed by atoms with Gasteiger partial charge in [-0.3, -0.25) is 0 Å². The summed E-state index contributed by atoms with van der Waals surface area (Å²) in [5, 5.41) is 1.11. The van der Waals surface area contributed by atoms with Crippen molar-refractivity contribution in [2.24, 2.45) is 0 Å². The van der Waals surface area contributed by atoms with Crippen molar-refractivity contribution in [2.45, 2.75) is 26.2 Å². The molecule has 4 heteroatoms. The molecule has 3 aromatic rings. The molecule has 0 unspecified atom stereocenters. The Morgan fingerprint density at radius 1 is 1.19 bits per heavy atom. The number of fused-ring (bicyclic) bond motifs is 1. The fraction of sp³-hybridized carbons (Fsp3) is 0.235. The van der Waals surface area contributed by atoms with E-state index in [0.717, 1.165) is 34.5 Å². The summed E-state index contributed by atoms with van der Waals surface area (Å²) in [5.41, 5.74) is 2.10. The first-order valence-electron chi connectivity index (χ1n) is 7.17. The van der Waals surface area contributed by atoms with E-state index < -0.39 is 8.07 Å². The molecule has 0 bridgehead atoms. The quantitative estimate of drug-likeness (QED) is 0.537. The molecule has 2 aromatic heterocycles. The van der Waals surface area contributed by atoms with E-state index >= 15 is 0 Å². The van der Waals surface area contributed by atoms with Crippen LogP contribution in [0.2, 0.25) is 19.6 Å². The molecule has 108 valence electrons. The van der Waals surface area contributed by atoms with Gasteiger partial charge in [0.15, 0.2) is 11.6 Å². The number of hydrogen-bond acceptors (Lipinski definition) is 2. The highest BCUT2D eigenvalue weighted by atomic mass is 28.3. The van der Waals surface area contributed by atoms with Crippen LogP contribution >= 0.6 is 0 Å². The Morgan fingerprint density at radius 2 is 1.95 bits per heavy atom. The molecule has 0 radical (unpaired) electrons. The maximum atomic E-state index is 6.09. The zero-order valence-corrected chi connectivity index (χ0v) is 13.8. The van der Waals surface area contributed by atoms with Crippen LogP contribution in [0.4, 0.5) is 0 Å². The Kier molecular flexibility index (Phi) is 3.33. The Hall–Kier alpha value is -2.07. The highest BCUT2D eigenvalue weighted by Gasteiger charge is 2.23. The second kappa shape index (κ2) is 5.04. The molecule has 21 heavy (non-hydrogen) atoms. The van der Waals surface area contributed by atoms with Gasteiger partial charge >= 0.3 is 0 Å². The minimum atomic E-state index is -1.44. The summed E-state index contributed by atoms with van der Waals surface area (Å²) >= 11 is 0. The lowest BCUT2D eigenvalue weighted by molar-refractivity contribution is 0.602. The van der Waals surface area contributed by atoms with Crippen molar-refractivity contribution in [3.8, 4) is 11.6 Å². The molecule has 0 fully saturated rings. The fourth-order valence-corrected chi connectivity index (χ4v) is 3.44. The number of rotatable bonds is 4. The van der Waals surface area contributed by atoms with Crippen molar-refractivity contribution < 1.29 is 4.42 Å². The molecule has 3 rings (SSSR count). The number of furan rings is 1. The summed E-state index contributed by atoms with van der Waals surface area (Å²) in [6.45, 7) is 11.4. The van der Waals surface area contributed by atoms with Crippen molar-refractivity contribution in [2.75, 3.05) is 0 Å². The Labute approximate surface area is 125 Å². The molecular formula is C17H20N2OSi. The van der Waals surface area contributed by atoms with Crippen LogP contribution in [0.25, 0.3) is 22.6 Å². The van der Waals surface area contributed by atoms with Gasteiger partial charge in [0, 0.05) is 6.54 Å². The van der Waals surface area contributed by atoms with Crippen LogP contribution in [-0.4, -0.2) is 17.6 Å². The van der Waals surface area contributed by atoms with Gasteiger partial charge in [-0.05, 0) is 24.3 Å². The van der Waals surface area contributed by atoms with Gasteiger partial charge in [-0.25, -0.2) is 4.98 Å². The van der Waals surface area contributed by atoms with Crippen molar-refractivity contribution in [1.29, 1.82) is 0 Å². The van der Waals surface area contributed by atoms with Crippen LogP contribution in [0, 0.1) is 0 Å². The van der Waals surface area contributed by atoms with Crippen LogP contribution in [0.15, 0.2) is 53.5 Å². The van der Waals surface area contributed by atoms with Gasteiger partial charge in [0.05, 0.1) is 16.4 Å². The largest absolute Gasteiger partial charge is 0.463 e. The molecule has 0 aliphatic rings. The minimum Gasteiger partial charge on any atom is -0.463 e. The predicted molar refractivity (Wildman–Crippen MR) is 90.6 cm³/mol. The van der Waals surface area contributed by atoms with E-state index in [4.69, 9.17) is 9.40 Å². The molecule has 0 amide bonds. The van der Waals surface area contributed by atoms with Crippen molar-refractivity contribution in [1.82, 2.24) is 9.55 Å². The topological polar surface area (TPSA) is 31.0 Å². The van der Waals surface area contributed by atoms with E-state index in [9.17, 15) is 0 Å². The minimum absolute atomic E-state index is 0.721. The zero-order valence-electron chi connectivity index (χ0n) is 12.8. The number of allylic oxidation sites excluding steroid dienone is 1. The summed E-state index contributed by atoms with van der Waals surface area (Å²) in [4.78, 5) is 4.73. The lowest BCUT2D eigenvalue weighted by Gasteiger charge is -2.11. The molecule has 0 N–H and O–H groups in total. The number of nitrogens with zero attached hydrogens (tertiary/aromatic N) is 2. The second-order valence-electron chi connectivity index (χ2n) is 6.24. The van der Waals surface area contributed by atoms with Gasteiger partial charge in [-0.15, -0.1) is 6.58 Å². The van der Waals surface area contributed by atoms with Crippen LogP contribution in [0.1, 0.15) is 0 Å². The molecule has 0 saturated heterocycles. The molecule has 2 heterocycles. The summed E-state index contributed by atoms with van der Waals surface area (Å²) < 4.78 is 8.24. The maximum Gasteiger partial charge on any atom is 0.177 e. The fourth-order valence-electron chi connectivity index (χ4n) is 2.44. The monoisotopic (exact) mass is 296 g/mol. The highest BCUT2D eigenvalue weighted by molar-refractivity contribution is 6.87. The van der Waals surface area contributed by atoms with Gasteiger partial charge in [0.25, 0.3) is 0 Å². The predicted octanol–water partition coefficient (Wildman–Crippen LogP) is 4.03. The maximum absolute atomic E-state index is 6.09. The standard InChI is InChI=1S/C17H20N2OSi/c1-5-12-19-14-9-7-6-8-13(14)18-17(19)15-10-11-16(20-15)21(2,3)4/h5-11H,1,12H2,2-4H3. The van der Waals surface area contributed by atoms with E-state index in [2.05, 4.69) is 42.9 Å². The summed E-state index contributed by atoms with van der Waals surface area (Å²) in [7, 11) is -1.44. The summed E-state index contributed by atoms with van der Waals surface area (Å²) in [6, 6.07) is 12.3. The van der Waals surface area contributed by atoms with Crippen LogP contribution in [0.5, 0.6) is 0 Å². The average molecular weight is 296 g/mol. The second-order valence-corrected chi connectivity index (χ2v) is 11.2. The van der Waals surface area contributed by atoms with Gasteiger partial charge in [-0.2, -0.15) is 0 Å². The molecule has 0 aliphatic heterocycles. The van der Waals surface area contributed by atoms with Gasteiger partial charge < -0.3 is 8.98 Å². The number of benzene rings is 1. The highest BCUT2D eigenvalue weighted by Crippen LogP contribution is 2.25. The SMILES string of the molecule is C=CCn1c(-c2ccc([Si](C)(C)C)o2)nc2ccccc21. The number of aromatic nitrogens is 2. The number of para-hydroxylation sites is 2. The van der Waals surface area contributed by atoms with E-state index in [1.807, 2.05) is 30.3 Å². The van der Waals surface area contributed by atoms with Crippen molar-refractivity contribution in [3.63, 3.8) is 0 Å². The van der Waals surface area contributed by atoms with E-state index in [0.29, 0.717) is 0 Å². The summed E-state index contributed by atoms with van der Waals surface area (Å²) in [5.74, 6) is 1.71. The van der Waals surface area contributed by atoms with Gasteiger partial charge in [0.1, 0.15) is 8.07 Å². The molecular weight excluding hydrogens is 276 g/mol. The third kappa shape index (κ3) is 2.47. The molecule has 1 aromatic carbocycles. The molecule has 0 aliphatic carbocycles. The van der Waals surface area contributed by atoms with Crippen LogP contribution < -0.4 is 5.38 Å². The average Bonchev–Trinajstić information content (AvgIpc) is 3.03. The van der Waals surface area contributed by atoms with Crippen LogP contribution in [-0.2, 0) is 6.54 Å². The van der Waals surface area contributed by atoms with Gasteiger partial charge in [-0.1, -0.05) is 37.8 Å². The van der Waals surface area contributed by atoms with Gasteiger partial charge in [0.2, 0.25) is 0 Å². The van der Waals surface area contributed by atoms with Crippen LogP contribution in [0.3, 0.4) is 0 Å². The van der Waals surface area contributed by atoms with E-state index in [1.54, 1.807) is 0 Å². The molecule has 0 saturated carbocycles. The van der Waals surface area contributed by atoms with Crippen molar-refractivity contribution >= 4 is 24.5 Å². The first-order valence-corrected chi connectivity index (χ1v) is 10.7. The lowest BCUT2D eigenvalue weighted by atomic mass is 10.3. The Balaban J connectivity index is 2.17. The smallest absolute Gasteiger partial charge is 0.177 e. The molecule has 0 atom stereocenters. The van der Waals surface area contributed by atoms with E-state index in [-0.39, 0.29) is 0 Å². The lowest BCUT2D eigenvalue weighted by Crippen LogP contribution is -2.36. The summed E-state index contributed by atoms with van der Waals surface area (Å²) in [6.07, 6.45) is 1.89. The molecule has 3 nitrogen and oxygen atoms in total. The first kappa shape index (κ1) is 13.9. The Bertz CT molecular complexity index is 793. The third-order valence-corrected chi connectivity index (χ3v) is 5.28. The Morgan fingerprint density at radius 3 is 2.62 bits per heavy atom. The number of imidazole rings is 1. The zero-order chi connectivity index (χ0) is 15.0. The number of hydrogen-bond donors (Lipinski definition) is 0.